The predicted octanol–water partition coefficient (Wildman–Crippen LogP) is 2.80. The fourth-order valence-electron chi connectivity index (χ4n) is 2.54. The van der Waals surface area contributed by atoms with E-state index in [-0.39, 0.29) is 5.91 Å². The molecule has 5 heteroatoms. The van der Waals surface area contributed by atoms with E-state index in [1.165, 1.54) is 18.6 Å². The molecule has 1 fully saturated rings. The zero-order valence-electron chi connectivity index (χ0n) is 11.0. The van der Waals surface area contributed by atoms with Crippen molar-refractivity contribution in [2.24, 2.45) is 0 Å². The van der Waals surface area contributed by atoms with Crippen molar-refractivity contribution in [2.75, 3.05) is 19.6 Å². The molecule has 2 rings (SSSR count). The van der Waals surface area contributed by atoms with Gasteiger partial charge in [-0.25, -0.2) is 4.39 Å². The van der Waals surface area contributed by atoms with E-state index in [4.69, 9.17) is 0 Å². The number of hydrogen-bond acceptors (Lipinski definition) is 2. The summed E-state index contributed by atoms with van der Waals surface area (Å²) in [5.41, 5.74) is 0.355. The lowest BCUT2D eigenvalue weighted by Gasteiger charge is -2.22. The molecule has 1 amide bonds. The first-order chi connectivity index (χ1) is 9.10. The van der Waals surface area contributed by atoms with Crippen molar-refractivity contribution >= 4 is 21.8 Å². The molecule has 0 radical (unpaired) electrons. The van der Waals surface area contributed by atoms with E-state index < -0.39 is 5.82 Å². The molecule has 1 aromatic carbocycles. The molecule has 104 valence electrons. The van der Waals surface area contributed by atoms with Gasteiger partial charge in [-0.1, -0.05) is 22.9 Å². The first-order valence-electron chi connectivity index (χ1n) is 6.58. The number of likely N-dealkylation sites (N-methyl/N-ethyl adjacent to an activating group) is 1. The molecular formula is C14H18BrFN2O. The highest BCUT2D eigenvalue weighted by Crippen LogP contribution is 2.17. The van der Waals surface area contributed by atoms with E-state index in [9.17, 15) is 9.18 Å². The van der Waals surface area contributed by atoms with E-state index in [1.54, 1.807) is 6.07 Å². The monoisotopic (exact) mass is 328 g/mol. The second kappa shape index (κ2) is 6.48. The minimum absolute atomic E-state index is 0.219. The van der Waals surface area contributed by atoms with Gasteiger partial charge in [0.25, 0.3) is 5.91 Å². The highest BCUT2D eigenvalue weighted by Gasteiger charge is 2.23. The van der Waals surface area contributed by atoms with Gasteiger partial charge in [-0.05, 0) is 44.1 Å². The van der Waals surface area contributed by atoms with Crippen LogP contribution in [0, 0.1) is 5.82 Å². The van der Waals surface area contributed by atoms with Gasteiger partial charge in [0.2, 0.25) is 0 Å². The van der Waals surface area contributed by atoms with Crippen LogP contribution >= 0.6 is 15.9 Å². The van der Waals surface area contributed by atoms with Gasteiger partial charge in [-0.15, -0.1) is 0 Å². The molecule has 1 aromatic rings. The van der Waals surface area contributed by atoms with Crippen LogP contribution in [0.25, 0.3) is 0 Å². The number of hydrogen-bond donors (Lipinski definition) is 1. The van der Waals surface area contributed by atoms with E-state index in [2.05, 4.69) is 33.1 Å². The van der Waals surface area contributed by atoms with Crippen LogP contribution in [0.1, 0.15) is 30.1 Å². The Bertz CT molecular complexity index is 447. The van der Waals surface area contributed by atoms with Gasteiger partial charge in [0.05, 0.1) is 0 Å². The van der Waals surface area contributed by atoms with E-state index >= 15 is 0 Å². The molecule has 3 nitrogen and oxygen atoms in total. The van der Waals surface area contributed by atoms with Gasteiger partial charge in [0.15, 0.2) is 0 Å². The summed E-state index contributed by atoms with van der Waals surface area (Å²) in [6.07, 6.45) is 2.29. The third-order valence-electron chi connectivity index (χ3n) is 3.53. The van der Waals surface area contributed by atoms with Crippen molar-refractivity contribution in [3.05, 3.63) is 34.1 Å². The Balaban J connectivity index is 1.94. The highest BCUT2D eigenvalue weighted by molar-refractivity contribution is 9.10. The fraction of sp³-hybridized carbons (Fsp3) is 0.500. The summed E-state index contributed by atoms with van der Waals surface area (Å²) in [6, 6.07) is 4.63. The zero-order valence-corrected chi connectivity index (χ0v) is 12.5. The van der Waals surface area contributed by atoms with Crippen LogP contribution in [-0.4, -0.2) is 36.5 Å². The fourth-order valence-corrected chi connectivity index (χ4v) is 3.01. The van der Waals surface area contributed by atoms with Gasteiger partial charge in [0, 0.05) is 22.6 Å². The molecule has 0 bridgehead atoms. The lowest BCUT2D eigenvalue weighted by molar-refractivity contribution is 0.0941. The van der Waals surface area contributed by atoms with Gasteiger partial charge < -0.3 is 5.32 Å². The molecule has 1 aliphatic heterocycles. The number of amides is 1. The summed E-state index contributed by atoms with van der Waals surface area (Å²) < 4.78 is 13.8. The largest absolute Gasteiger partial charge is 0.350 e. The van der Waals surface area contributed by atoms with Crippen LogP contribution < -0.4 is 5.32 Å². The second-order valence-electron chi connectivity index (χ2n) is 4.79. The average molecular weight is 329 g/mol. The maximum absolute atomic E-state index is 13.2. The topological polar surface area (TPSA) is 32.3 Å². The summed E-state index contributed by atoms with van der Waals surface area (Å²) in [5, 5.41) is 2.89. The van der Waals surface area contributed by atoms with Crippen LogP contribution in [0.15, 0.2) is 22.7 Å². The van der Waals surface area contributed by atoms with Crippen molar-refractivity contribution in [3.63, 3.8) is 0 Å². The number of likely N-dealkylation sites (tertiary alicyclic amines) is 1. The molecule has 1 atom stereocenters. The van der Waals surface area contributed by atoms with Crippen molar-refractivity contribution in [1.82, 2.24) is 10.2 Å². The normalized spacial score (nSPS) is 19.6. The summed E-state index contributed by atoms with van der Waals surface area (Å²) in [5.74, 6) is -0.626. The number of carbonyl (C=O) groups is 1. The summed E-state index contributed by atoms with van der Waals surface area (Å²) in [7, 11) is 0. The first kappa shape index (κ1) is 14.5. The molecule has 0 saturated carbocycles. The molecule has 1 aliphatic rings. The number of nitrogens with one attached hydrogen (secondary N) is 1. The van der Waals surface area contributed by atoms with Crippen molar-refractivity contribution in [2.45, 2.75) is 25.8 Å². The third-order valence-corrected chi connectivity index (χ3v) is 3.99. The first-order valence-corrected chi connectivity index (χ1v) is 7.37. The van der Waals surface area contributed by atoms with Gasteiger partial charge in [-0.3, -0.25) is 9.69 Å². The van der Waals surface area contributed by atoms with Crippen LogP contribution in [0.3, 0.4) is 0 Å². The van der Waals surface area contributed by atoms with Crippen LogP contribution in [0.2, 0.25) is 0 Å². The maximum atomic E-state index is 13.2. The lowest BCUT2D eigenvalue weighted by atomic mass is 10.2. The Morgan fingerprint density at radius 1 is 1.53 bits per heavy atom. The van der Waals surface area contributed by atoms with Crippen molar-refractivity contribution < 1.29 is 9.18 Å². The van der Waals surface area contributed by atoms with E-state index in [0.29, 0.717) is 22.6 Å². The van der Waals surface area contributed by atoms with Crippen LogP contribution in [0.4, 0.5) is 4.39 Å². The molecule has 1 saturated heterocycles. The highest BCUT2D eigenvalue weighted by atomic mass is 79.9. The Kier molecular flexibility index (Phi) is 4.93. The standard InChI is InChI=1S/C14H18BrFN2O/c1-2-18-5-3-4-13(18)9-17-14(19)10-6-11(15)8-12(16)7-10/h6-8,13H,2-5,9H2,1H3,(H,17,19)/t13-/m0/s1. The molecule has 0 aromatic heterocycles. The van der Waals surface area contributed by atoms with E-state index in [0.717, 1.165) is 19.5 Å². The number of carbonyl (C=O) groups excluding carboxylic acids is 1. The number of benzene rings is 1. The minimum atomic E-state index is -0.407. The Labute approximate surface area is 121 Å². The van der Waals surface area contributed by atoms with Crippen LogP contribution in [0.5, 0.6) is 0 Å². The predicted molar refractivity (Wildman–Crippen MR) is 76.7 cm³/mol. The Morgan fingerprint density at radius 3 is 3.00 bits per heavy atom. The van der Waals surface area contributed by atoms with Crippen molar-refractivity contribution in [3.8, 4) is 0 Å². The summed E-state index contributed by atoms with van der Waals surface area (Å²) in [6.45, 7) is 4.86. The minimum Gasteiger partial charge on any atom is -0.350 e. The molecular weight excluding hydrogens is 311 g/mol. The van der Waals surface area contributed by atoms with Gasteiger partial charge >= 0.3 is 0 Å². The number of nitrogens with zero attached hydrogens (tertiary/aromatic N) is 1. The molecule has 1 heterocycles. The van der Waals surface area contributed by atoms with E-state index in [1.807, 2.05) is 0 Å². The van der Waals surface area contributed by atoms with Crippen molar-refractivity contribution in [1.29, 1.82) is 0 Å². The maximum Gasteiger partial charge on any atom is 0.251 e. The molecule has 0 spiro atoms. The summed E-state index contributed by atoms with van der Waals surface area (Å²) in [4.78, 5) is 14.3. The molecule has 0 unspecified atom stereocenters. The zero-order chi connectivity index (χ0) is 13.8. The lowest BCUT2D eigenvalue weighted by Crippen LogP contribution is -2.40. The SMILES string of the molecule is CCN1CCC[C@H]1CNC(=O)c1cc(F)cc(Br)c1. The second-order valence-corrected chi connectivity index (χ2v) is 5.71. The van der Waals surface area contributed by atoms with Crippen LogP contribution in [-0.2, 0) is 0 Å². The number of halogens is 2. The van der Waals surface area contributed by atoms with Gasteiger partial charge in [0.1, 0.15) is 5.82 Å². The Morgan fingerprint density at radius 2 is 2.32 bits per heavy atom. The summed E-state index contributed by atoms with van der Waals surface area (Å²) >= 11 is 3.19. The molecule has 0 aliphatic carbocycles. The average Bonchev–Trinajstić information content (AvgIpc) is 2.82. The quantitative estimate of drug-likeness (QED) is 0.921. The Hall–Kier alpha value is -0.940. The number of rotatable bonds is 4. The third kappa shape index (κ3) is 3.76. The smallest absolute Gasteiger partial charge is 0.251 e. The van der Waals surface area contributed by atoms with Gasteiger partial charge in [-0.2, -0.15) is 0 Å². The molecule has 19 heavy (non-hydrogen) atoms. The molecule has 1 N–H and O–H groups in total.